The molecule has 0 saturated carbocycles. The van der Waals surface area contributed by atoms with E-state index in [0.29, 0.717) is 10.6 Å². The van der Waals surface area contributed by atoms with Crippen molar-refractivity contribution in [1.82, 2.24) is 5.32 Å². The van der Waals surface area contributed by atoms with E-state index in [2.05, 4.69) is 5.32 Å². The van der Waals surface area contributed by atoms with Crippen LogP contribution in [0.3, 0.4) is 0 Å². The molecule has 1 atom stereocenters. The normalized spacial score (nSPS) is 11.9. The molecule has 1 amide bonds. The molecule has 0 aromatic heterocycles. The molecule has 1 aromatic rings. The lowest BCUT2D eigenvalue weighted by Crippen LogP contribution is -2.41. The van der Waals surface area contributed by atoms with Crippen LogP contribution >= 0.6 is 23.8 Å². The van der Waals surface area contributed by atoms with Crippen LogP contribution < -0.4 is 11.1 Å². The van der Waals surface area contributed by atoms with E-state index in [9.17, 15) is 4.79 Å². The van der Waals surface area contributed by atoms with Gasteiger partial charge < -0.3 is 11.1 Å². The van der Waals surface area contributed by atoms with Crippen molar-refractivity contribution < 1.29 is 4.79 Å². The van der Waals surface area contributed by atoms with Crippen LogP contribution in [-0.2, 0) is 0 Å². The van der Waals surface area contributed by atoms with Crippen molar-refractivity contribution >= 4 is 34.7 Å². The van der Waals surface area contributed by atoms with E-state index in [-0.39, 0.29) is 16.9 Å². The molecular weight excluding hydrogens is 232 g/mol. The summed E-state index contributed by atoms with van der Waals surface area (Å²) in [5.74, 6) is -0.216. The highest BCUT2D eigenvalue weighted by Gasteiger charge is 2.10. The fourth-order valence-corrected chi connectivity index (χ4v) is 1.14. The minimum absolute atomic E-state index is 0.216. The number of hydrogen-bond acceptors (Lipinski definition) is 2. The Morgan fingerprint density at radius 2 is 2.00 bits per heavy atom. The fraction of sp³-hybridized carbons (Fsp3) is 0.200. The Balaban J connectivity index is 2.69. The van der Waals surface area contributed by atoms with Crippen molar-refractivity contribution in [3.8, 4) is 0 Å². The van der Waals surface area contributed by atoms with Gasteiger partial charge in [0.1, 0.15) is 0 Å². The van der Waals surface area contributed by atoms with E-state index < -0.39 is 0 Å². The van der Waals surface area contributed by atoms with Crippen molar-refractivity contribution in [1.29, 1.82) is 0 Å². The number of hydrogen-bond donors (Lipinski definition) is 2. The Morgan fingerprint density at radius 1 is 1.47 bits per heavy atom. The quantitative estimate of drug-likeness (QED) is 0.794. The number of rotatable bonds is 3. The summed E-state index contributed by atoms with van der Waals surface area (Å²) < 4.78 is 0. The zero-order valence-electron chi connectivity index (χ0n) is 8.16. The van der Waals surface area contributed by atoms with Crippen molar-refractivity contribution in [2.75, 3.05) is 0 Å². The van der Waals surface area contributed by atoms with Gasteiger partial charge in [0.2, 0.25) is 0 Å². The Bertz CT molecular complexity index is 378. The van der Waals surface area contributed by atoms with Crippen molar-refractivity contribution in [3.05, 3.63) is 34.9 Å². The second kappa shape index (κ2) is 5.09. The summed E-state index contributed by atoms with van der Waals surface area (Å²) in [4.78, 5) is 11.9. The minimum atomic E-state index is -0.317. The second-order valence-corrected chi connectivity index (χ2v) is 4.01. The van der Waals surface area contributed by atoms with Gasteiger partial charge in [-0.2, -0.15) is 0 Å². The number of amides is 1. The number of nitrogens with two attached hydrogens (primary N) is 1. The Morgan fingerprint density at radius 3 is 2.47 bits per heavy atom. The first-order valence-electron chi connectivity index (χ1n) is 4.36. The molecule has 3 N–H and O–H groups in total. The average Bonchev–Trinajstić information content (AvgIpc) is 2.18. The molecule has 1 aromatic carbocycles. The molecule has 0 aliphatic carbocycles. The van der Waals surface area contributed by atoms with Gasteiger partial charge in [-0.05, 0) is 31.2 Å². The second-order valence-electron chi connectivity index (χ2n) is 3.10. The lowest BCUT2D eigenvalue weighted by Gasteiger charge is -2.11. The molecule has 1 rings (SSSR count). The maximum Gasteiger partial charge on any atom is 0.251 e. The maximum atomic E-state index is 11.6. The van der Waals surface area contributed by atoms with Gasteiger partial charge >= 0.3 is 0 Å². The van der Waals surface area contributed by atoms with Gasteiger partial charge in [-0.3, -0.25) is 4.79 Å². The lowest BCUT2D eigenvalue weighted by molar-refractivity contribution is 0.0949. The predicted octanol–water partition coefficient (Wildman–Crippen LogP) is 1.74. The highest BCUT2D eigenvalue weighted by atomic mass is 35.5. The van der Waals surface area contributed by atoms with E-state index in [4.69, 9.17) is 29.6 Å². The number of thiocarbonyl (C=S) groups is 1. The third-order valence-corrected chi connectivity index (χ3v) is 2.49. The third-order valence-electron chi connectivity index (χ3n) is 1.88. The monoisotopic (exact) mass is 242 g/mol. The largest absolute Gasteiger partial charge is 0.392 e. The topological polar surface area (TPSA) is 55.1 Å². The molecule has 0 bridgehead atoms. The first-order valence-corrected chi connectivity index (χ1v) is 5.15. The van der Waals surface area contributed by atoms with Crippen LogP contribution in [-0.4, -0.2) is 16.9 Å². The Kier molecular flexibility index (Phi) is 4.05. The molecule has 0 fully saturated rings. The Labute approximate surface area is 98.6 Å². The van der Waals surface area contributed by atoms with Crippen molar-refractivity contribution in [2.24, 2.45) is 5.73 Å². The standard InChI is InChI=1S/C10H11ClN2OS/c1-6(9(12)15)13-10(14)7-2-4-8(11)5-3-7/h2-6H,1H3,(H2,12,15)(H,13,14). The van der Waals surface area contributed by atoms with Crippen LogP contribution in [0.1, 0.15) is 17.3 Å². The number of carbonyl (C=O) groups is 1. The average molecular weight is 243 g/mol. The van der Waals surface area contributed by atoms with Crippen LogP contribution in [0.15, 0.2) is 24.3 Å². The zero-order valence-corrected chi connectivity index (χ0v) is 9.73. The molecule has 0 spiro atoms. The van der Waals surface area contributed by atoms with Gasteiger partial charge in [0, 0.05) is 10.6 Å². The zero-order chi connectivity index (χ0) is 11.4. The van der Waals surface area contributed by atoms with Crippen LogP contribution in [0.4, 0.5) is 0 Å². The smallest absolute Gasteiger partial charge is 0.251 e. The number of halogens is 1. The molecular formula is C10H11ClN2OS. The first kappa shape index (κ1) is 11.9. The molecule has 3 nitrogen and oxygen atoms in total. The van der Waals surface area contributed by atoms with E-state index >= 15 is 0 Å². The fourth-order valence-electron chi connectivity index (χ4n) is 0.952. The summed E-state index contributed by atoms with van der Waals surface area (Å²) in [6.07, 6.45) is 0. The minimum Gasteiger partial charge on any atom is -0.392 e. The van der Waals surface area contributed by atoms with Crippen LogP contribution in [0.25, 0.3) is 0 Å². The van der Waals surface area contributed by atoms with Gasteiger partial charge in [-0.1, -0.05) is 23.8 Å². The van der Waals surface area contributed by atoms with E-state index in [1.165, 1.54) is 0 Å². The molecule has 0 radical (unpaired) electrons. The summed E-state index contributed by atoms with van der Waals surface area (Å²) in [5, 5.41) is 3.26. The molecule has 0 aliphatic heterocycles. The van der Waals surface area contributed by atoms with Crippen molar-refractivity contribution in [3.63, 3.8) is 0 Å². The van der Waals surface area contributed by atoms with Crippen LogP contribution in [0.2, 0.25) is 5.02 Å². The number of carbonyl (C=O) groups excluding carboxylic acids is 1. The molecule has 80 valence electrons. The Hall–Kier alpha value is -1.13. The van der Waals surface area contributed by atoms with E-state index in [1.54, 1.807) is 31.2 Å². The van der Waals surface area contributed by atoms with Gasteiger partial charge in [-0.15, -0.1) is 0 Å². The van der Waals surface area contributed by atoms with Crippen LogP contribution in [0, 0.1) is 0 Å². The molecule has 15 heavy (non-hydrogen) atoms. The summed E-state index contributed by atoms with van der Waals surface area (Å²) in [6, 6.07) is 6.28. The molecule has 1 unspecified atom stereocenters. The number of nitrogens with one attached hydrogen (secondary N) is 1. The maximum absolute atomic E-state index is 11.6. The summed E-state index contributed by atoms with van der Waals surface area (Å²) in [7, 11) is 0. The van der Waals surface area contributed by atoms with Gasteiger partial charge in [0.15, 0.2) is 0 Å². The predicted molar refractivity (Wildman–Crippen MR) is 65.2 cm³/mol. The first-order chi connectivity index (χ1) is 7.00. The third kappa shape index (κ3) is 3.49. The molecule has 0 heterocycles. The SMILES string of the molecule is CC(NC(=O)c1ccc(Cl)cc1)C(N)=S. The molecule has 0 aliphatic rings. The van der Waals surface area contributed by atoms with Crippen LogP contribution in [0.5, 0.6) is 0 Å². The molecule has 5 heteroatoms. The number of benzene rings is 1. The summed E-state index contributed by atoms with van der Waals surface area (Å²) in [5.41, 5.74) is 5.91. The lowest BCUT2D eigenvalue weighted by atomic mass is 10.2. The van der Waals surface area contributed by atoms with E-state index in [1.807, 2.05) is 0 Å². The highest BCUT2D eigenvalue weighted by Crippen LogP contribution is 2.09. The summed E-state index contributed by atoms with van der Waals surface area (Å²) >= 11 is 10.4. The van der Waals surface area contributed by atoms with Crippen molar-refractivity contribution in [2.45, 2.75) is 13.0 Å². The molecule has 0 saturated heterocycles. The summed E-state index contributed by atoms with van der Waals surface area (Å²) in [6.45, 7) is 1.73. The highest BCUT2D eigenvalue weighted by molar-refractivity contribution is 7.80. The van der Waals surface area contributed by atoms with Gasteiger partial charge in [-0.25, -0.2) is 0 Å². The van der Waals surface area contributed by atoms with E-state index in [0.717, 1.165) is 0 Å². The van der Waals surface area contributed by atoms with Gasteiger partial charge in [0.25, 0.3) is 5.91 Å². The van der Waals surface area contributed by atoms with Gasteiger partial charge in [0.05, 0.1) is 11.0 Å².